The number of nitrogens with one attached hydrogen (secondary N) is 2. The van der Waals surface area contributed by atoms with Crippen molar-refractivity contribution < 1.29 is 4.79 Å². The van der Waals surface area contributed by atoms with Gasteiger partial charge in [-0.15, -0.1) is 0 Å². The summed E-state index contributed by atoms with van der Waals surface area (Å²) in [5, 5.41) is 6.34. The molecule has 1 aliphatic heterocycles. The Morgan fingerprint density at radius 3 is 2.95 bits per heavy atom. The van der Waals surface area contributed by atoms with Gasteiger partial charge in [-0.25, -0.2) is 0 Å². The molecular formula is C17H17BrN2O. The van der Waals surface area contributed by atoms with E-state index in [0.29, 0.717) is 5.56 Å². The number of carbonyl (C=O) groups is 1. The van der Waals surface area contributed by atoms with E-state index in [4.69, 9.17) is 0 Å². The van der Waals surface area contributed by atoms with Crippen LogP contribution in [0.1, 0.15) is 27.9 Å². The van der Waals surface area contributed by atoms with Gasteiger partial charge in [0, 0.05) is 22.4 Å². The molecule has 0 atom stereocenters. The molecule has 0 saturated heterocycles. The fourth-order valence-electron chi connectivity index (χ4n) is 2.55. The Labute approximate surface area is 132 Å². The van der Waals surface area contributed by atoms with Crippen LogP contribution in [0.5, 0.6) is 0 Å². The second kappa shape index (κ2) is 5.90. The maximum absolute atomic E-state index is 12.4. The Kier molecular flexibility index (Phi) is 3.97. The van der Waals surface area contributed by atoms with Crippen LogP contribution in [0.3, 0.4) is 0 Å². The molecule has 1 heterocycles. The first-order chi connectivity index (χ1) is 10.1. The summed E-state index contributed by atoms with van der Waals surface area (Å²) < 4.78 is 0.807. The van der Waals surface area contributed by atoms with Gasteiger partial charge in [-0.3, -0.25) is 4.79 Å². The summed E-state index contributed by atoms with van der Waals surface area (Å²) in [7, 11) is 0. The minimum Gasteiger partial charge on any atom is -0.385 e. The van der Waals surface area contributed by atoms with E-state index in [2.05, 4.69) is 32.6 Å². The summed E-state index contributed by atoms with van der Waals surface area (Å²) in [4.78, 5) is 12.4. The lowest BCUT2D eigenvalue weighted by Crippen LogP contribution is -2.15. The number of carbonyl (C=O) groups excluding carboxylic acids is 1. The van der Waals surface area contributed by atoms with Gasteiger partial charge in [-0.05, 0) is 65.5 Å². The zero-order valence-electron chi connectivity index (χ0n) is 11.9. The summed E-state index contributed by atoms with van der Waals surface area (Å²) in [6.45, 7) is 2.97. The molecule has 0 spiro atoms. The van der Waals surface area contributed by atoms with Gasteiger partial charge in [0.2, 0.25) is 0 Å². The average Bonchev–Trinajstić information content (AvgIpc) is 2.49. The average molecular weight is 345 g/mol. The molecule has 108 valence electrons. The fraction of sp³-hybridized carbons (Fsp3) is 0.235. The molecule has 0 radical (unpaired) electrons. The zero-order chi connectivity index (χ0) is 14.8. The molecule has 1 amide bonds. The summed E-state index contributed by atoms with van der Waals surface area (Å²) >= 11 is 3.43. The zero-order valence-corrected chi connectivity index (χ0v) is 13.5. The van der Waals surface area contributed by atoms with E-state index in [0.717, 1.165) is 40.8 Å². The van der Waals surface area contributed by atoms with E-state index in [1.165, 1.54) is 5.56 Å². The van der Waals surface area contributed by atoms with E-state index >= 15 is 0 Å². The van der Waals surface area contributed by atoms with Gasteiger partial charge in [0.15, 0.2) is 0 Å². The van der Waals surface area contributed by atoms with Gasteiger partial charge in [-0.1, -0.05) is 17.7 Å². The van der Waals surface area contributed by atoms with Crippen LogP contribution in [0.2, 0.25) is 0 Å². The molecule has 4 heteroatoms. The highest BCUT2D eigenvalue weighted by Crippen LogP contribution is 2.26. The Morgan fingerprint density at radius 2 is 2.10 bits per heavy atom. The molecule has 0 unspecified atom stereocenters. The Bertz CT molecular complexity index is 697. The van der Waals surface area contributed by atoms with Gasteiger partial charge >= 0.3 is 0 Å². The Morgan fingerprint density at radius 1 is 1.24 bits per heavy atom. The SMILES string of the molecule is Cc1ccc(Br)c(C(=O)Nc2ccc3c(c2)NCCC3)c1. The first kappa shape index (κ1) is 14.1. The minimum absolute atomic E-state index is 0.0960. The summed E-state index contributed by atoms with van der Waals surface area (Å²) in [6.07, 6.45) is 2.26. The first-order valence-electron chi connectivity index (χ1n) is 7.08. The second-order valence-electron chi connectivity index (χ2n) is 5.34. The monoisotopic (exact) mass is 344 g/mol. The third kappa shape index (κ3) is 3.10. The molecule has 0 saturated carbocycles. The van der Waals surface area contributed by atoms with E-state index in [-0.39, 0.29) is 5.91 Å². The summed E-state index contributed by atoms with van der Waals surface area (Å²) in [5.41, 5.74) is 4.98. The van der Waals surface area contributed by atoms with E-state index in [1.54, 1.807) is 0 Å². The Hall–Kier alpha value is -1.81. The molecule has 0 aliphatic carbocycles. The third-order valence-electron chi connectivity index (χ3n) is 3.67. The predicted molar refractivity (Wildman–Crippen MR) is 90.1 cm³/mol. The smallest absolute Gasteiger partial charge is 0.256 e. The molecule has 2 N–H and O–H groups in total. The van der Waals surface area contributed by atoms with Crippen LogP contribution < -0.4 is 10.6 Å². The number of halogens is 1. The number of amides is 1. The number of hydrogen-bond acceptors (Lipinski definition) is 2. The fourth-order valence-corrected chi connectivity index (χ4v) is 2.98. The molecule has 3 nitrogen and oxygen atoms in total. The van der Waals surface area contributed by atoms with Crippen molar-refractivity contribution in [3.05, 3.63) is 57.6 Å². The highest BCUT2D eigenvalue weighted by Gasteiger charge is 2.13. The van der Waals surface area contributed by atoms with Crippen molar-refractivity contribution >= 4 is 33.2 Å². The largest absolute Gasteiger partial charge is 0.385 e. The van der Waals surface area contributed by atoms with Crippen LogP contribution in [0.4, 0.5) is 11.4 Å². The van der Waals surface area contributed by atoms with Crippen molar-refractivity contribution in [2.75, 3.05) is 17.2 Å². The van der Waals surface area contributed by atoms with Crippen LogP contribution in [-0.4, -0.2) is 12.5 Å². The number of fused-ring (bicyclic) bond motifs is 1. The lowest BCUT2D eigenvalue weighted by Gasteiger charge is -2.19. The van der Waals surface area contributed by atoms with E-state index in [1.807, 2.05) is 37.3 Å². The number of rotatable bonds is 2. The molecule has 1 aliphatic rings. The molecule has 0 aromatic heterocycles. The minimum atomic E-state index is -0.0960. The van der Waals surface area contributed by atoms with Gasteiger partial charge in [-0.2, -0.15) is 0 Å². The van der Waals surface area contributed by atoms with Crippen LogP contribution in [0, 0.1) is 6.92 Å². The van der Waals surface area contributed by atoms with E-state index in [9.17, 15) is 4.79 Å². The van der Waals surface area contributed by atoms with Crippen LogP contribution in [0.15, 0.2) is 40.9 Å². The summed E-state index contributed by atoms with van der Waals surface area (Å²) in [6, 6.07) is 11.8. The number of benzene rings is 2. The molecule has 0 fully saturated rings. The molecule has 2 aromatic rings. The van der Waals surface area contributed by atoms with Crippen molar-refractivity contribution in [2.24, 2.45) is 0 Å². The van der Waals surface area contributed by atoms with E-state index < -0.39 is 0 Å². The van der Waals surface area contributed by atoms with Gasteiger partial charge in [0.1, 0.15) is 0 Å². The molecular weight excluding hydrogens is 328 g/mol. The maximum Gasteiger partial charge on any atom is 0.256 e. The number of anilines is 2. The predicted octanol–water partition coefficient (Wildman–Crippen LogP) is 4.37. The molecule has 2 aromatic carbocycles. The third-order valence-corrected chi connectivity index (χ3v) is 4.36. The van der Waals surface area contributed by atoms with Crippen molar-refractivity contribution in [1.29, 1.82) is 0 Å². The topological polar surface area (TPSA) is 41.1 Å². The van der Waals surface area contributed by atoms with Crippen LogP contribution in [0.25, 0.3) is 0 Å². The van der Waals surface area contributed by atoms with Crippen LogP contribution >= 0.6 is 15.9 Å². The highest BCUT2D eigenvalue weighted by atomic mass is 79.9. The second-order valence-corrected chi connectivity index (χ2v) is 6.19. The lowest BCUT2D eigenvalue weighted by molar-refractivity contribution is 0.102. The van der Waals surface area contributed by atoms with Gasteiger partial charge < -0.3 is 10.6 Å². The van der Waals surface area contributed by atoms with Crippen molar-refractivity contribution in [3.63, 3.8) is 0 Å². The quantitative estimate of drug-likeness (QED) is 0.849. The van der Waals surface area contributed by atoms with Gasteiger partial charge in [0.05, 0.1) is 5.56 Å². The van der Waals surface area contributed by atoms with Crippen molar-refractivity contribution in [2.45, 2.75) is 19.8 Å². The normalized spacial score (nSPS) is 13.2. The molecule has 3 rings (SSSR count). The van der Waals surface area contributed by atoms with Gasteiger partial charge in [0.25, 0.3) is 5.91 Å². The standard InChI is InChI=1S/C17H17BrN2O/c1-11-4-7-15(18)14(9-11)17(21)20-13-6-5-12-3-2-8-19-16(12)10-13/h4-7,9-10,19H,2-3,8H2,1H3,(H,20,21). The number of aryl methyl sites for hydroxylation is 2. The number of hydrogen-bond donors (Lipinski definition) is 2. The van der Waals surface area contributed by atoms with Crippen LogP contribution in [-0.2, 0) is 6.42 Å². The first-order valence-corrected chi connectivity index (χ1v) is 7.87. The molecule has 21 heavy (non-hydrogen) atoms. The lowest BCUT2D eigenvalue weighted by atomic mass is 10.0. The molecule has 0 bridgehead atoms. The Balaban J connectivity index is 1.83. The van der Waals surface area contributed by atoms with Crippen molar-refractivity contribution in [3.8, 4) is 0 Å². The van der Waals surface area contributed by atoms with Crippen molar-refractivity contribution in [1.82, 2.24) is 0 Å². The highest BCUT2D eigenvalue weighted by molar-refractivity contribution is 9.10. The maximum atomic E-state index is 12.4. The summed E-state index contributed by atoms with van der Waals surface area (Å²) in [5.74, 6) is -0.0960.